The maximum absolute atomic E-state index is 12.7. The molecule has 0 aliphatic rings. The van der Waals surface area contributed by atoms with Gasteiger partial charge in [0.25, 0.3) is 15.9 Å². The molecule has 0 saturated carbocycles. The highest BCUT2D eigenvalue weighted by molar-refractivity contribution is 7.92. The van der Waals surface area contributed by atoms with E-state index in [2.05, 4.69) is 10.0 Å². The Morgan fingerprint density at radius 1 is 0.848 bits per heavy atom. The van der Waals surface area contributed by atoms with Gasteiger partial charge in [0.2, 0.25) is 10.0 Å². The van der Waals surface area contributed by atoms with Crippen LogP contribution in [-0.4, -0.2) is 36.0 Å². The van der Waals surface area contributed by atoms with Crippen LogP contribution in [0.25, 0.3) is 0 Å². The second kappa shape index (κ2) is 9.24. The van der Waals surface area contributed by atoms with Gasteiger partial charge in [-0.05, 0) is 74.0 Å². The van der Waals surface area contributed by atoms with Gasteiger partial charge in [0.15, 0.2) is 0 Å². The molecule has 0 unspecified atom stereocenters. The largest absolute Gasteiger partial charge is 0.322 e. The van der Waals surface area contributed by atoms with Crippen molar-refractivity contribution in [2.45, 2.75) is 18.7 Å². The zero-order valence-electron chi connectivity index (χ0n) is 18.7. The van der Waals surface area contributed by atoms with Crippen LogP contribution in [0, 0.1) is 13.8 Å². The SMILES string of the molecule is Cc1ccc(NS(=O)(=O)c2ccc(NC(=O)c3ccc(N(C)S(C)(=O)=O)cc3)cc2)c(C)c1. The molecule has 2 N–H and O–H groups in total. The van der Waals surface area contributed by atoms with Crippen molar-refractivity contribution in [3.63, 3.8) is 0 Å². The van der Waals surface area contributed by atoms with E-state index < -0.39 is 26.0 Å². The van der Waals surface area contributed by atoms with Gasteiger partial charge in [0, 0.05) is 18.3 Å². The molecule has 0 bridgehead atoms. The maximum Gasteiger partial charge on any atom is 0.261 e. The van der Waals surface area contributed by atoms with E-state index >= 15 is 0 Å². The third-order valence-electron chi connectivity index (χ3n) is 5.04. The first-order chi connectivity index (χ1) is 15.4. The molecule has 0 saturated heterocycles. The molecule has 0 atom stereocenters. The number of anilines is 3. The normalized spacial score (nSPS) is 11.6. The molecule has 0 spiro atoms. The van der Waals surface area contributed by atoms with E-state index in [9.17, 15) is 21.6 Å². The lowest BCUT2D eigenvalue weighted by Gasteiger charge is -2.16. The number of amides is 1. The van der Waals surface area contributed by atoms with Crippen molar-refractivity contribution in [2.24, 2.45) is 0 Å². The summed E-state index contributed by atoms with van der Waals surface area (Å²) in [7, 11) is -5.76. The van der Waals surface area contributed by atoms with Crippen LogP contribution in [0.5, 0.6) is 0 Å². The van der Waals surface area contributed by atoms with Crippen LogP contribution in [0.4, 0.5) is 17.1 Å². The predicted molar refractivity (Wildman–Crippen MR) is 131 cm³/mol. The Bertz CT molecular complexity index is 1380. The van der Waals surface area contributed by atoms with Gasteiger partial charge in [-0.2, -0.15) is 0 Å². The number of hydrogen-bond donors (Lipinski definition) is 2. The summed E-state index contributed by atoms with van der Waals surface area (Å²) < 4.78 is 52.3. The number of aryl methyl sites for hydroxylation is 2. The first-order valence-corrected chi connectivity index (χ1v) is 13.3. The number of sulfonamides is 2. The molecule has 8 nitrogen and oxygen atoms in total. The quantitative estimate of drug-likeness (QED) is 0.527. The molecule has 3 aromatic carbocycles. The monoisotopic (exact) mass is 487 g/mol. The van der Waals surface area contributed by atoms with Crippen LogP contribution in [0.15, 0.2) is 71.6 Å². The van der Waals surface area contributed by atoms with Crippen LogP contribution in [0.3, 0.4) is 0 Å². The Balaban J connectivity index is 1.70. The van der Waals surface area contributed by atoms with Crippen molar-refractivity contribution < 1.29 is 21.6 Å². The Hall–Kier alpha value is -3.37. The molecule has 0 aliphatic carbocycles. The number of nitrogens with one attached hydrogen (secondary N) is 2. The van der Waals surface area contributed by atoms with E-state index in [0.29, 0.717) is 22.6 Å². The standard InChI is InChI=1S/C23H25N3O5S2/c1-16-5-14-22(17(2)15-16)25-33(30,31)21-12-8-19(9-13-21)24-23(27)18-6-10-20(11-7-18)26(3)32(4,28)29/h5-15,25H,1-4H3,(H,24,27). The summed E-state index contributed by atoms with van der Waals surface area (Å²) in [4.78, 5) is 12.6. The van der Waals surface area contributed by atoms with Crippen molar-refractivity contribution in [1.82, 2.24) is 0 Å². The fourth-order valence-electron chi connectivity index (χ4n) is 3.07. The average molecular weight is 488 g/mol. The number of benzene rings is 3. The highest BCUT2D eigenvalue weighted by Gasteiger charge is 2.16. The van der Waals surface area contributed by atoms with Crippen LogP contribution in [0.2, 0.25) is 0 Å². The number of hydrogen-bond acceptors (Lipinski definition) is 5. The first kappa shape index (κ1) is 24.3. The minimum atomic E-state index is -3.79. The summed E-state index contributed by atoms with van der Waals surface area (Å²) in [6.45, 7) is 3.76. The lowest BCUT2D eigenvalue weighted by Crippen LogP contribution is -2.24. The lowest BCUT2D eigenvalue weighted by atomic mass is 10.1. The smallest absolute Gasteiger partial charge is 0.261 e. The fourth-order valence-corrected chi connectivity index (χ4v) is 4.70. The van der Waals surface area contributed by atoms with Gasteiger partial charge in [0.1, 0.15) is 0 Å². The average Bonchev–Trinajstić information content (AvgIpc) is 2.75. The fraction of sp³-hybridized carbons (Fsp3) is 0.174. The summed E-state index contributed by atoms with van der Waals surface area (Å²) in [5.41, 5.74) is 3.53. The molecule has 0 radical (unpaired) electrons. The van der Waals surface area contributed by atoms with E-state index in [1.54, 1.807) is 6.07 Å². The van der Waals surface area contributed by atoms with Crippen LogP contribution in [-0.2, 0) is 20.0 Å². The molecular formula is C23H25N3O5S2. The molecule has 0 aromatic heterocycles. The van der Waals surface area contributed by atoms with E-state index in [1.165, 1.54) is 55.6 Å². The second-order valence-corrected chi connectivity index (χ2v) is 11.4. The number of carbonyl (C=O) groups excluding carboxylic acids is 1. The van der Waals surface area contributed by atoms with Gasteiger partial charge in [-0.15, -0.1) is 0 Å². The van der Waals surface area contributed by atoms with Crippen molar-refractivity contribution in [2.75, 3.05) is 27.6 Å². The molecule has 174 valence electrons. The van der Waals surface area contributed by atoms with E-state index in [0.717, 1.165) is 21.7 Å². The number of carbonyl (C=O) groups is 1. The van der Waals surface area contributed by atoms with Crippen LogP contribution < -0.4 is 14.3 Å². The highest BCUT2D eigenvalue weighted by Crippen LogP contribution is 2.22. The van der Waals surface area contributed by atoms with Crippen LogP contribution in [0.1, 0.15) is 21.5 Å². The van der Waals surface area contributed by atoms with E-state index in [4.69, 9.17) is 0 Å². The zero-order chi connectivity index (χ0) is 24.4. The third kappa shape index (κ3) is 5.91. The third-order valence-corrected chi connectivity index (χ3v) is 7.63. The highest BCUT2D eigenvalue weighted by atomic mass is 32.2. The van der Waals surface area contributed by atoms with E-state index in [-0.39, 0.29) is 4.90 Å². The minimum absolute atomic E-state index is 0.0636. The Morgan fingerprint density at radius 3 is 2.00 bits per heavy atom. The minimum Gasteiger partial charge on any atom is -0.322 e. The molecule has 10 heteroatoms. The van der Waals surface area contributed by atoms with Crippen molar-refractivity contribution in [1.29, 1.82) is 0 Å². The van der Waals surface area contributed by atoms with Gasteiger partial charge in [-0.25, -0.2) is 16.8 Å². The Kier molecular flexibility index (Phi) is 6.80. The Labute approximate surface area is 194 Å². The predicted octanol–water partition coefficient (Wildman–Crippen LogP) is 3.75. The molecule has 0 fully saturated rings. The summed E-state index contributed by atoms with van der Waals surface area (Å²) in [6.07, 6.45) is 1.09. The second-order valence-electron chi connectivity index (χ2n) is 7.68. The van der Waals surface area contributed by atoms with Crippen molar-refractivity contribution in [3.05, 3.63) is 83.4 Å². The van der Waals surface area contributed by atoms with Gasteiger partial charge < -0.3 is 5.32 Å². The van der Waals surface area contributed by atoms with Crippen molar-refractivity contribution in [3.8, 4) is 0 Å². The first-order valence-electron chi connectivity index (χ1n) is 9.92. The lowest BCUT2D eigenvalue weighted by molar-refractivity contribution is 0.102. The van der Waals surface area contributed by atoms with Gasteiger partial charge in [-0.3, -0.25) is 13.8 Å². The summed E-state index contributed by atoms with van der Waals surface area (Å²) in [5.74, 6) is -0.410. The summed E-state index contributed by atoms with van der Waals surface area (Å²) in [6, 6.07) is 17.3. The number of rotatable bonds is 7. The van der Waals surface area contributed by atoms with Crippen LogP contribution >= 0.6 is 0 Å². The zero-order valence-corrected chi connectivity index (χ0v) is 20.3. The van der Waals surface area contributed by atoms with Crippen molar-refractivity contribution >= 4 is 43.0 Å². The van der Waals surface area contributed by atoms with Gasteiger partial charge in [-0.1, -0.05) is 17.7 Å². The molecule has 3 rings (SSSR count). The molecule has 0 aliphatic heterocycles. The Morgan fingerprint density at radius 2 is 1.45 bits per heavy atom. The molecule has 33 heavy (non-hydrogen) atoms. The number of nitrogens with zero attached hydrogens (tertiary/aromatic N) is 1. The van der Waals surface area contributed by atoms with Gasteiger partial charge >= 0.3 is 0 Å². The maximum atomic E-state index is 12.7. The molecule has 1 amide bonds. The molecular weight excluding hydrogens is 462 g/mol. The molecule has 0 heterocycles. The van der Waals surface area contributed by atoms with E-state index in [1.807, 2.05) is 26.0 Å². The topological polar surface area (TPSA) is 113 Å². The summed E-state index contributed by atoms with van der Waals surface area (Å²) >= 11 is 0. The van der Waals surface area contributed by atoms with Gasteiger partial charge in [0.05, 0.1) is 22.5 Å². The molecule has 3 aromatic rings. The summed E-state index contributed by atoms with van der Waals surface area (Å²) in [5, 5.41) is 2.69.